The zero-order valence-corrected chi connectivity index (χ0v) is 18.5. The maximum absolute atomic E-state index is 12.7. The van der Waals surface area contributed by atoms with Crippen LogP contribution < -0.4 is 10.1 Å². The highest BCUT2D eigenvalue weighted by Gasteiger charge is 2.33. The van der Waals surface area contributed by atoms with Gasteiger partial charge in [0.1, 0.15) is 11.6 Å². The SMILES string of the molecule is CCCOc1cccc(C2CC(=O)Nc3c2c(C)nn3-c2nncc(-c3ccccc3)n2)c1. The first-order valence-electron chi connectivity index (χ1n) is 11.0. The van der Waals surface area contributed by atoms with Crippen LogP contribution in [0.2, 0.25) is 0 Å². The van der Waals surface area contributed by atoms with E-state index < -0.39 is 0 Å². The first kappa shape index (κ1) is 20.8. The molecule has 0 spiro atoms. The number of aryl methyl sites for hydroxylation is 1. The van der Waals surface area contributed by atoms with Gasteiger partial charge in [-0.1, -0.05) is 49.4 Å². The number of rotatable bonds is 6. The van der Waals surface area contributed by atoms with Crippen molar-refractivity contribution < 1.29 is 9.53 Å². The zero-order chi connectivity index (χ0) is 22.8. The molecule has 1 amide bonds. The summed E-state index contributed by atoms with van der Waals surface area (Å²) in [4.78, 5) is 17.4. The Labute approximate surface area is 191 Å². The molecule has 4 aromatic rings. The van der Waals surface area contributed by atoms with E-state index in [0.29, 0.717) is 30.5 Å². The number of carbonyl (C=O) groups excluding carboxylic acids is 1. The lowest BCUT2D eigenvalue weighted by molar-refractivity contribution is -0.116. The summed E-state index contributed by atoms with van der Waals surface area (Å²) in [5, 5.41) is 16.0. The maximum Gasteiger partial charge on any atom is 0.272 e. The number of anilines is 1. The lowest BCUT2D eigenvalue weighted by Gasteiger charge is -2.24. The molecule has 0 fully saturated rings. The molecular formula is C25H24N6O2. The fourth-order valence-electron chi connectivity index (χ4n) is 4.15. The van der Waals surface area contributed by atoms with Crippen LogP contribution in [-0.4, -0.2) is 37.5 Å². The van der Waals surface area contributed by atoms with E-state index in [1.54, 1.807) is 10.9 Å². The second-order valence-electron chi connectivity index (χ2n) is 7.99. The number of nitrogens with one attached hydrogen (secondary N) is 1. The molecule has 5 rings (SSSR count). The zero-order valence-electron chi connectivity index (χ0n) is 18.5. The van der Waals surface area contributed by atoms with Crippen molar-refractivity contribution in [3.05, 3.63) is 77.6 Å². The van der Waals surface area contributed by atoms with Crippen molar-refractivity contribution in [3.63, 3.8) is 0 Å². The van der Waals surface area contributed by atoms with E-state index in [1.165, 1.54) is 0 Å². The predicted octanol–water partition coefficient (Wildman–Crippen LogP) is 4.30. The van der Waals surface area contributed by atoms with Gasteiger partial charge >= 0.3 is 0 Å². The summed E-state index contributed by atoms with van der Waals surface area (Å²) in [7, 11) is 0. The lowest BCUT2D eigenvalue weighted by Crippen LogP contribution is -2.25. The maximum atomic E-state index is 12.7. The van der Waals surface area contributed by atoms with E-state index >= 15 is 0 Å². The predicted molar refractivity (Wildman–Crippen MR) is 124 cm³/mol. The van der Waals surface area contributed by atoms with Crippen LogP contribution in [-0.2, 0) is 4.79 Å². The van der Waals surface area contributed by atoms with E-state index in [9.17, 15) is 4.79 Å². The van der Waals surface area contributed by atoms with Crippen LogP contribution in [0.4, 0.5) is 5.82 Å². The number of aromatic nitrogens is 5. The minimum absolute atomic E-state index is 0.0827. The molecule has 8 nitrogen and oxygen atoms in total. The highest BCUT2D eigenvalue weighted by Crippen LogP contribution is 2.40. The molecule has 1 unspecified atom stereocenters. The van der Waals surface area contributed by atoms with Gasteiger partial charge < -0.3 is 10.1 Å². The first-order valence-corrected chi connectivity index (χ1v) is 11.0. The Kier molecular flexibility index (Phi) is 5.56. The average Bonchev–Trinajstić information content (AvgIpc) is 3.19. The number of benzene rings is 2. The van der Waals surface area contributed by atoms with Crippen molar-refractivity contribution in [2.75, 3.05) is 11.9 Å². The molecule has 166 valence electrons. The van der Waals surface area contributed by atoms with Crippen LogP contribution in [0.5, 0.6) is 5.75 Å². The molecule has 0 radical (unpaired) electrons. The molecule has 2 aromatic carbocycles. The monoisotopic (exact) mass is 440 g/mol. The van der Waals surface area contributed by atoms with Gasteiger partial charge in [-0.05, 0) is 31.0 Å². The molecule has 3 heterocycles. The van der Waals surface area contributed by atoms with E-state index in [2.05, 4.69) is 32.5 Å². The number of hydrogen-bond acceptors (Lipinski definition) is 6. The summed E-state index contributed by atoms with van der Waals surface area (Å²) in [6.45, 7) is 4.66. The van der Waals surface area contributed by atoms with Crippen molar-refractivity contribution in [2.24, 2.45) is 0 Å². The van der Waals surface area contributed by atoms with E-state index in [-0.39, 0.29) is 11.8 Å². The average molecular weight is 441 g/mol. The van der Waals surface area contributed by atoms with Crippen LogP contribution in [0.15, 0.2) is 60.8 Å². The molecule has 0 saturated carbocycles. The first-order chi connectivity index (χ1) is 16.1. The fraction of sp³-hybridized carbons (Fsp3) is 0.240. The van der Waals surface area contributed by atoms with Crippen LogP contribution in [0.25, 0.3) is 17.2 Å². The van der Waals surface area contributed by atoms with Crippen molar-refractivity contribution in [1.29, 1.82) is 0 Å². The Morgan fingerprint density at radius 3 is 2.82 bits per heavy atom. The number of carbonyl (C=O) groups is 1. The van der Waals surface area contributed by atoms with Gasteiger partial charge in [0.15, 0.2) is 0 Å². The van der Waals surface area contributed by atoms with Gasteiger partial charge in [0.05, 0.1) is 24.2 Å². The van der Waals surface area contributed by atoms with E-state index in [4.69, 9.17) is 4.74 Å². The molecule has 8 heteroatoms. The van der Waals surface area contributed by atoms with Crippen molar-refractivity contribution in [1.82, 2.24) is 25.0 Å². The summed E-state index contributed by atoms with van der Waals surface area (Å²) in [5.41, 5.74) is 4.39. The largest absolute Gasteiger partial charge is 0.494 e. The van der Waals surface area contributed by atoms with Gasteiger partial charge in [-0.2, -0.15) is 14.9 Å². The Bertz CT molecular complexity index is 1300. The smallest absolute Gasteiger partial charge is 0.272 e. The van der Waals surface area contributed by atoms with Crippen LogP contribution in [0.1, 0.15) is 42.5 Å². The molecule has 2 aromatic heterocycles. The minimum Gasteiger partial charge on any atom is -0.494 e. The van der Waals surface area contributed by atoms with Crippen molar-refractivity contribution >= 4 is 11.7 Å². The Balaban J connectivity index is 1.57. The second-order valence-corrected chi connectivity index (χ2v) is 7.99. The fourth-order valence-corrected chi connectivity index (χ4v) is 4.15. The second kappa shape index (κ2) is 8.82. The molecule has 0 aliphatic carbocycles. The highest BCUT2D eigenvalue weighted by atomic mass is 16.5. The quantitative estimate of drug-likeness (QED) is 0.480. The standard InChI is InChI=1S/C25H24N6O2/c1-3-12-33-19-11-7-10-18(13-19)20-14-22(32)28-24-23(20)16(2)30-31(24)25-27-21(15-26-29-25)17-8-5-4-6-9-17/h4-11,13,15,20H,3,12,14H2,1-2H3,(H,28,32). The Morgan fingerprint density at radius 1 is 1.15 bits per heavy atom. The van der Waals surface area contributed by atoms with E-state index in [0.717, 1.165) is 34.6 Å². The number of nitrogens with zero attached hydrogens (tertiary/aromatic N) is 5. The summed E-state index contributed by atoms with van der Waals surface area (Å²) in [6.07, 6.45) is 2.88. The molecule has 1 atom stereocenters. The summed E-state index contributed by atoms with van der Waals surface area (Å²) in [6, 6.07) is 17.7. The summed E-state index contributed by atoms with van der Waals surface area (Å²) >= 11 is 0. The highest BCUT2D eigenvalue weighted by molar-refractivity contribution is 5.95. The van der Waals surface area contributed by atoms with Gasteiger partial charge in [-0.15, -0.1) is 5.10 Å². The van der Waals surface area contributed by atoms with Crippen LogP contribution in [0, 0.1) is 6.92 Å². The van der Waals surface area contributed by atoms with Gasteiger partial charge in [0.25, 0.3) is 5.95 Å². The third kappa shape index (κ3) is 4.07. The molecular weight excluding hydrogens is 416 g/mol. The van der Waals surface area contributed by atoms with E-state index in [1.807, 2.05) is 61.5 Å². The Morgan fingerprint density at radius 2 is 2.00 bits per heavy atom. The molecule has 1 N–H and O–H groups in total. The third-order valence-corrected chi connectivity index (χ3v) is 5.64. The third-order valence-electron chi connectivity index (χ3n) is 5.64. The minimum atomic E-state index is -0.141. The van der Waals surface area contributed by atoms with Crippen LogP contribution >= 0.6 is 0 Å². The van der Waals surface area contributed by atoms with Gasteiger partial charge in [-0.25, -0.2) is 4.98 Å². The topological polar surface area (TPSA) is 94.8 Å². The summed E-state index contributed by atoms with van der Waals surface area (Å²) in [5.74, 6) is 1.47. The van der Waals surface area contributed by atoms with Crippen molar-refractivity contribution in [3.8, 4) is 23.0 Å². The van der Waals surface area contributed by atoms with Gasteiger partial charge in [0.2, 0.25) is 5.91 Å². The molecule has 0 bridgehead atoms. The lowest BCUT2D eigenvalue weighted by atomic mass is 9.86. The number of fused-ring (bicyclic) bond motifs is 1. The summed E-state index contributed by atoms with van der Waals surface area (Å²) < 4.78 is 7.39. The molecule has 1 aliphatic rings. The number of amides is 1. The van der Waals surface area contributed by atoms with Crippen LogP contribution in [0.3, 0.4) is 0 Å². The van der Waals surface area contributed by atoms with Crippen molar-refractivity contribution in [2.45, 2.75) is 32.6 Å². The Hall–Kier alpha value is -4.07. The number of hydrogen-bond donors (Lipinski definition) is 1. The molecule has 0 saturated heterocycles. The molecule has 1 aliphatic heterocycles. The number of ether oxygens (including phenoxy) is 1. The van der Waals surface area contributed by atoms with Gasteiger partial charge in [0, 0.05) is 23.5 Å². The van der Waals surface area contributed by atoms with Gasteiger partial charge in [-0.3, -0.25) is 4.79 Å². The molecule has 33 heavy (non-hydrogen) atoms. The normalized spacial score (nSPS) is 15.1.